The molecule has 4 aromatic rings. The number of carbonyl (C=O) groups is 2. The molecule has 37 heavy (non-hydrogen) atoms. The zero-order valence-corrected chi connectivity index (χ0v) is 22.2. The van der Waals surface area contributed by atoms with Crippen molar-refractivity contribution in [3.8, 4) is 5.69 Å². The number of benzene rings is 3. The molecule has 0 saturated heterocycles. The maximum Gasteiger partial charge on any atom is 0.335 e. The first-order valence-corrected chi connectivity index (χ1v) is 12.6. The van der Waals surface area contributed by atoms with E-state index in [0.29, 0.717) is 24.6 Å². The molecule has 0 aliphatic rings. The zero-order valence-electron chi connectivity index (χ0n) is 22.2. The Kier molecular flexibility index (Phi) is 7.50. The number of amides is 1. The summed E-state index contributed by atoms with van der Waals surface area (Å²) in [4.78, 5) is 26.7. The third kappa shape index (κ3) is 5.75. The zero-order chi connectivity index (χ0) is 26.7. The van der Waals surface area contributed by atoms with Gasteiger partial charge in [0.05, 0.1) is 11.1 Å². The number of fused-ring (bicyclic) bond motifs is 1. The molecule has 3 aromatic carbocycles. The van der Waals surface area contributed by atoms with Crippen LogP contribution >= 0.6 is 0 Å². The number of para-hydroxylation sites is 1. The Morgan fingerprint density at radius 1 is 0.973 bits per heavy atom. The van der Waals surface area contributed by atoms with Crippen LogP contribution in [0, 0.1) is 0 Å². The molecule has 0 spiro atoms. The van der Waals surface area contributed by atoms with Gasteiger partial charge in [-0.05, 0) is 80.4 Å². The second-order valence-electron chi connectivity index (χ2n) is 10.5. The number of aromatic nitrogens is 1. The summed E-state index contributed by atoms with van der Waals surface area (Å²) < 4.78 is 2.10. The van der Waals surface area contributed by atoms with E-state index >= 15 is 0 Å². The molecule has 4 rings (SSSR count). The third-order valence-electron chi connectivity index (χ3n) is 7.13. The van der Waals surface area contributed by atoms with E-state index in [1.807, 2.05) is 67.7 Å². The van der Waals surface area contributed by atoms with Crippen LogP contribution in [0.2, 0.25) is 0 Å². The van der Waals surface area contributed by atoms with E-state index in [2.05, 4.69) is 48.7 Å². The number of aromatic carboxylic acids is 1. The number of rotatable bonds is 9. The number of nitrogens with one attached hydrogen (secondary N) is 1. The van der Waals surface area contributed by atoms with Gasteiger partial charge in [0.2, 0.25) is 0 Å². The number of nitrogens with zero attached hydrogens (tertiary/aromatic N) is 2. The molecule has 1 aromatic heterocycles. The van der Waals surface area contributed by atoms with Crippen molar-refractivity contribution in [2.45, 2.75) is 45.7 Å². The van der Waals surface area contributed by atoms with Gasteiger partial charge in [-0.1, -0.05) is 44.2 Å². The molecule has 0 bridgehead atoms. The Morgan fingerprint density at radius 3 is 2.24 bits per heavy atom. The highest BCUT2D eigenvalue weighted by Gasteiger charge is 2.26. The first-order valence-electron chi connectivity index (χ1n) is 12.6. The van der Waals surface area contributed by atoms with Crippen molar-refractivity contribution in [1.29, 1.82) is 0 Å². The van der Waals surface area contributed by atoms with E-state index in [4.69, 9.17) is 0 Å². The lowest BCUT2D eigenvalue weighted by atomic mass is 10.0. The standard InChI is InChI=1S/C31H35N3O3/c1-21(2)22-11-13-23(14-12-22)29(35)32-20-31(3,4)33(5)18-25-19-34(26-9-7-6-8-10-26)28-16-15-24(30(36)37)17-27(25)28/h6-17,19,21H,18,20H2,1-5H3,(H,32,35)(H,36,37). The average Bonchev–Trinajstić information content (AvgIpc) is 3.25. The Balaban J connectivity index is 1.54. The number of hydrogen-bond acceptors (Lipinski definition) is 3. The smallest absolute Gasteiger partial charge is 0.335 e. The summed E-state index contributed by atoms with van der Waals surface area (Å²) in [6, 6.07) is 23.0. The van der Waals surface area contributed by atoms with Gasteiger partial charge in [0.15, 0.2) is 0 Å². The highest BCUT2D eigenvalue weighted by atomic mass is 16.4. The minimum absolute atomic E-state index is 0.0939. The Hall–Kier alpha value is -3.90. The summed E-state index contributed by atoms with van der Waals surface area (Å²) in [6.07, 6.45) is 2.08. The normalized spacial score (nSPS) is 11.9. The molecule has 0 fully saturated rings. The number of carbonyl (C=O) groups excluding carboxylic acids is 1. The minimum Gasteiger partial charge on any atom is -0.478 e. The molecule has 0 unspecified atom stereocenters. The van der Waals surface area contributed by atoms with Crippen molar-refractivity contribution in [3.63, 3.8) is 0 Å². The van der Waals surface area contributed by atoms with Crippen molar-refractivity contribution in [3.05, 3.63) is 101 Å². The van der Waals surface area contributed by atoms with Crippen molar-refractivity contribution in [2.24, 2.45) is 0 Å². The molecule has 0 aliphatic heterocycles. The Labute approximate surface area is 218 Å². The van der Waals surface area contributed by atoms with Gasteiger partial charge >= 0.3 is 5.97 Å². The molecule has 6 nitrogen and oxygen atoms in total. The molecular formula is C31H35N3O3. The van der Waals surface area contributed by atoms with E-state index in [9.17, 15) is 14.7 Å². The van der Waals surface area contributed by atoms with Gasteiger partial charge in [0, 0.05) is 41.5 Å². The predicted octanol–water partition coefficient (Wildman–Crippen LogP) is 6.09. The van der Waals surface area contributed by atoms with E-state index in [-0.39, 0.29) is 17.0 Å². The van der Waals surface area contributed by atoms with Crippen molar-refractivity contribution in [1.82, 2.24) is 14.8 Å². The SMILES string of the molecule is CC(C)c1ccc(C(=O)NCC(C)(C)N(C)Cc2cn(-c3ccccc3)c3ccc(C(=O)O)cc23)cc1. The van der Waals surface area contributed by atoms with Crippen LogP contribution in [0.25, 0.3) is 16.6 Å². The quantitative estimate of drug-likeness (QED) is 0.293. The van der Waals surface area contributed by atoms with Crippen LogP contribution in [0.5, 0.6) is 0 Å². The molecule has 0 atom stereocenters. The van der Waals surface area contributed by atoms with Crippen LogP contribution in [0.3, 0.4) is 0 Å². The molecule has 2 N–H and O–H groups in total. The first-order chi connectivity index (χ1) is 17.6. The predicted molar refractivity (Wildman–Crippen MR) is 149 cm³/mol. The summed E-state index contributed by atoms with van der Waals surface area (Å²) >= 11 is 0. The van der Waals surface area contributed by atoms with Crippen LogP contribution in [0.4, 0.5) is 0 Å². The highest BCUT2D eigenvalue weighted by molar-refractivity contribution is 5.95. The Morgan fingerprint density at radius 2 is 1.62 bits per heavy atom. The lowest BCUT2D eigenvalue weighted by molar-refractivity contribution is 0.0696. The fraction of sp³-hybridized carbons (Fsp3) is 0.290. The van der Waals surface area contributed by atoms with Crippen LogP contribution < -0.4 is 5.32 Å². The van der Waals surface area contributed by atoms with E-state index in [0.717, 1.165) is 22.2 Å². The molecule has 1 heterocycles. The van der Waals surface area contributed by atoms with Crippen molar-refractivity contribution >= 4 is 22.8 Å². The van der Waals surface area contributed by atoms with Crippen LogP contribution in [0.1, 0.15) is 65.5 Å². The fourth-order valence-electron chi connectivity index (χ4n) is 4.38. The number of likely N-dealkylation sites (N-methyl/N-ethyl adjacent to an activating group) is 1. The van der Waals surface area contributed by atoms with E-state index < -0.39 is 5.97 Å². The fourth-order valence-corrected chi connectivity index (χ4v) is 4.38. The molecule has 6 heteroatoms. The minimum atomic E-state index is -0.946. The maximum absolute atomic E-state index is 12.8. The first kappa shape index (κ1) is 26.2. The summed E-state index contributed by atoms with van der Waals surface area (Å²) in [5, 5.41) is 13.6. The summed E-state index contributed by atoms with van der Waals surface area (Å²) in [5.41, 5.74) is 4.76. The lowest BCUT2D eigenvalue weighted by Gasteiger charge is -2.35. The summed E-state index contributed by atoms with van der Waals surface area (Å²) in [7, 11) is 2.02. The van der Waals surface area contributed by atoms with Crippen LogP contribution in [-0.2, 0) is 6.54 Å². The highest BCUT2D eigenvalue weighted by Crippen LogP contribution is 2.28. The molecule has 1 amide bonds. The number of carboxylic acid groups (broad SMARTS) is 1. The van der Waals surface area contributed by atoms with Gasteiger partial charge in [-0.3, -0.25) is 9.69 Å². The lowest BCUT2D eigenvalue weighted by Crippen LogP contribution is -2.49. The van der Waals surface area contributed by atoms with Gasteiger partial charge in [0.25, 0.3) is 5.91 Å². The molecule has 0 radical (unpaired) electrons. The molecule has 192 valence electrons. The van der Waals surface area contributed by atoms with Crippen molar-refractivity contribution in [2.75, 3.05) is 13.6 Å². The van der Waals surface area contributed by atoms with Gasteiger partial charge in [-0.2, -0.15) is 0 Å². The molecule has 0 saturated carbocycles. The van der Waals surface area contributed by atoms with E-state index in [1.165, 1.54) is 5.56 Å². The van der Waals surface area contributed by atoms with Crippen LogP contribution in [0.15, 0.2) is 79.0 Å². The molecular weight excluding hydrogens is 462 g/mol. The van der Waals surface area contributed by atoms with Crippen molar-refractivity contribution < 1.29 is 14.7 Å². The maximum atomic E-state index is 12.8. The number of hydrogen-bond donors (Lipinski definition) is 2. The summed E-state index contributed by atoms with van der Waals surface area (Å²) in [6.45, 7) is 9.50. The summed E-state index contributed by atoms with van der Waals surface area (Å²) in [5.74, 6) is -0.620. The van der Waals surface area contributed by atoms with Gasteiger partial charge in [-0.15, -0.1) is 0 Å². The number of carboxylic acids is 1. The second kappa shape index (κ2) is 10.6. The topological polar surface area (TPSA) is 74.6 Å². The van der Waals surface area contributed by atoms with Gasteiger partial charge in [-0.25, -0.2) is 4.79 Å². The Bertz CT molecular complexity index is 1400. The van der Waals surface area contributed by atoms with Crippen LogP contribution in [-0.4, -0.2) is 45.6 Å². The monoisotopic (exact) mass is 497 g/mol. The largest absolute Gasteiger partial charge is 0.478 e. The third-order valence-corrected chi connectivity index (χ3v) is 7.13. The average molecular weight is 498 g/mol. The van der Waals surface area contributed by atoms with E-state index in [1.54, 1.807) is 12.1 Å². The molecule has 0 aliphatic carbocycles. The second-order valence-corrected chi connectivity index (χ2v) is 10.5. The van der Waals surface area contributed by atoms with Gasteiger partial charge < -0.3 is 15.0 Å². The van der Waals surface area contributed by atoms with Gasteiger partial charge in [0.1, 0.15) is 0 Å².